The van der Waals surface area contributed by atoms with E-state index >= 15 is 0 Å². The first-order chi connectivity index (χ1) is 9.60. The van der Waals surface area contributed by atoms with E-state index in [4.69, 9.17) is 10.2 Å². The molecule has 1 aromatic heterocycles. The monoisotopic (exact) mass is 278 g/mol. The van der Waals surface area contributed by atoms with E-state index in [0.717, 1.165) is 30.5 Å². The summed E-state index contributed by atoms with van der Waals surface area (Å²) in [5, 5.41) is 0. The van der Waals surface area contributed by atoms with Gasteiger partial charge in [0.2, 0.25) is 0 Å². The van der Waals surface area contributed by atoms with Gasteiger partial charge in [-0.3, -0.25) is 4.90 Å². The predicted molar refractivity (Wildman–Crippen MR) is 83.7 cm³/mol. The Morgan fingerprint density at radius 1 is 1.40 bits per heavy atom. The third-order valence-corrected chi connectivity index (χ3v) is 4.76. The zero-order valence-corrected chi connectivity index (χ0v) is 13.4. The van der Waals surface area contributed by atoms with Crippen LogP contribution in [0.2, 0.25) is 0 Å². The Balaban J connectivity index is 2.07. The van der Waals surface area contributed by atoms with Crippen LogP contribution in [0.4, 0.5) is 0 Å². The van der Waals surface area contributed by atoms with Gasteiger partial charge in [0.1, 0.15) is 11.5 Å². The van der Waals surface area contributed by atoms with Gasteiger partial charge in [-0.05, 0) is 36.9 Å². The molecule has 1 saturated carbocycles. The Labute approximate surface area is 123 Å². The third-order valence-electron chi connectivity index (χ3n) is 4.76. The standard InChI is InChI=1S/C17H30N2O/c1-5-12(3)11-19(6-2)15(10-18)17-8-7-16(20-17)14-9-13(14)4/h7-8,12-15H,5-6,9-11,18H2,1-4H3. The minimum absolute atomic E-state index is 0.219. The maximum absolute atomic E-state index is 6.11. The highest BCUT2D eigenvalue weighted by atomic mass is 16.3. The fourth-order valence-electron chi connectivity index (χ4n) is 2.92. The van der Waals surface area contributed by atoms with Crippen LogP contribution in [-0.2, 0) is 0 Å². The lowest BCUT2D eigenvalue weighted by molar-refractivity contribution is 0.161. The molecule has 114 valence electrons. The molecule has 20 heavy (non-hydrogen) atoms. The molecule has 1 aromatic rings. The number of furan rings is 1. The lowest BCUT2D eigenvalue weighted by Crippen LogP contribution is -2.36. The van der Waals surface area contributed by atoms with E-state index in [-0.39, 0.29) is 6.04 Å². The Morgan fingerprint density at radius 3 is 2.60 bits per heavy atom. The highest BCUT2D eigenvalue weighted by Gasteiger charge is 2.37. The van der Waals surface area contributed by atoms with Gasteiger partial charge in [-0.1, -0.05) is 34.1 Å². The molecule has 0 radical (unpaired) electrons. The SMILES string of the molecule is CCC(C)CN(CC)C(CN)c1ccc(C2CC2C)o1. The summed E-state index contributed by atoms with van der Waals surface area (Å²) in [5.74, 6) is 4.33. The van der Waals surface area contributed by atoms with E-state index in [1.165, 1.54) is 12.8 Å². The molecule has 0 bridgehead atoms. The van der Waals surface area contributed by atoms with Crippen LogP contribution in [0.1, 0.15) is 64.0 Å². The molecule has 3 nitrogen and oxygen atoms in total. The smallest absolute Gasteiger partial charge is 0.122 e. The zero-order chi connectivity index (χ0) is 14.7. The first-order valence-corrected chi connectivity index (χ1v) is 8.14. The molecule has 0 aromatic carbocycles. The normalized spacial score (nSPS) is 24.9. The van der Waals surface area contributed by atoms with Crippen LogP contribution < -0.4 is 5.73 Å². The summed E-state index contributed by atoms with van der Waals surface area (Å²) in [6.07, 6.45) is 2.47. The number of hydrogen-bond donors (Lipinski definition) is 1. The van der Waals surface area contributed by atoms with Gasteiger partial charge in [0.05, 0.1) is 6.04 Å². The molecule has 2 N–H and O–H groups in total. The minimum Gasteiger partial charge on any atom is -0.464 e. The topological polar surface area (TPSA) is 42.4 Å². The molecule has 0 saturated heterocycles. The first-order valence-electron chi connectivity index (χ1n) is 8.14. The highest BCUT2D eigenvalue weighted by Crippen LogP contribution is 2.47. The van der Waals surface area contributed by atoms with Crippen molar-refractivity contribution in [3.63, 3.8) is 0 Å². The van der Waals surface area contributed by atoms with E-state index in [0.29, 0.717) is 18.4 Å². The number of nitrogens with zero attached hydrogens (tertiary/aromatic N) is 1. The van der Waals surface area contributed by atoms with Crippen LogP contribution in [0, 0.1) is 11.8 Å². The van der Waals surface area contributed by atoms with Gasteiger partial charge in [-0.15, -0.1) is 0 Å². The van der Waals surface area contributed by atoms with Crippen molar-refractivity contribution in [2.45, 2.75) is 52.5 Å². The van der Waals surface area contributed by atoms with Crippen LogP contribution in [0.25, 0.3) is 0 Å². The molecule has 3 heteroatoms. The molecular weight excluding hydrogens is 248 g/mol. The quantitative estimate of drug-likeness (QED) is 0.787. The van der Waals surface area contributed by atoms with Crippen molar-refractivity contribution in [3.05, 3.63) is 23.7 Å². The van der Waals surface area contributed by atoms with Crippen LogP contribution in [0.3, 0.4) is 0 Å². The second-order valence-electron chi connectivity index (χ2n) is 6.41. The third kappa shape index (κ3) is 3.44. The number of rotatable bonds is 8. The molecule has 0 spiro atoms. The number of hydrogen-bond acceptors (Lipinski definition) is 3. The summed E-state index contributed by atoms with van der Waals surface area (Å²) >= 11 is 0. The fourth-order valence-corrected chi connectivity index (χ4v) is 2.92. The molecule has 1 heterocycles. The molecule has 1 aliphatic carbocycles. The summed E-state index contributed by atoms with van der Waals surface area (Å²) in [4.78, 5) is 2.45. The van der Waals surface area contributed by atoms with Crippen molar-refractivity contribution in [2.24, 2.45) is 17.6 Å². The van der Waals surface area contributed by atoms with Gasteiger partial charge in [0, 0.05) is 19.0 Å². The summed E-state index contributed by atoms with van der Waals surface area (Å²) in [5.41, 5.74) is 6.03. The van der Waals surface area contributed by atoms with E-state index in [1.807, 2.05) is 0 Å². The maximum atomic E-state index is 6.11. The summed E-state index contributed by atoms with van der Waals surface area (Å²) in [6.45, 7) is 11.8. The van der Waals surface area contributed by atoms with Gasteiger partial charge in [0.15, 0.2) is 0 Å². The van der Waals surface area contributed by atoms with Crippen molar-refractivity contribution < 1.29 is 4.42 Å². The van der Waals surface area contributed by atoms with Crippen molar-refractivity contribution in [1.82, 2.24) is 4.90 Å². The minimum atomic E-state index is 0.219. The van der Waals surface area contributed by atoms with E-state index in [2.05, 4.69) is 44.7 Å². The second-order valence-corrected chi connectivity index (χ2v) is 6.41. The van der Waals surface area contributed by atoms with Gasteiger partial charge in [0.25, 0.3) is 0 Å². The fraction of sp³-hybridized carbons (Fsp3) is 0.765. The molecule has 0 amide bonds. The second kappa shape index (κ2) is 6.77. The highest BCUT2D eigenvalue weighted by molar-refractivity contribution is 5.19. The Morgan fingerprint density at radius 2 is 2.10 bits per heavy atom. The van der Waals surface area contributed by atoms with Gasteiger partial charge in [-0.25, -0.2) is 0 Å². The van der Waals surface area contributed by atoms with Crippen molar-refractivity contribution >= 4 is 0 Å². The maximum Gasteiger partial charge on any atom is 0.122 e. The van der Waals surface area contributed by atoms with E-state index in [1.54, 1.807) is 0 Å². The lowest BCUT2D eigenvalue weighted by atomic mass is 10.1. The van der Waals surface area contributed by atoms with Gasteiger partial charge < -0.3 is 10.2 Å². The van der Waals surface area contributed by atoms with Crippen LogP contribution in [-0.4, -0.2) is 24.5 Å². The summed E-state index contributed by atoms with van der Waals surface area (Å²) < 4.78 is 6.11. The summed E-state index contributed by atoms with van der Waals surface area (Å²) in [7, 11) is 0. The Kier molecular flexibility index (Phi) is 5.28. The van der Waals surface area contributed by atoms with Crippen LogP contribution in [0.15, 0.2) is 16.5 Å². The number of likely N-dealkylation sites (N-methyl/N-ethyl adjacent to an activating group) is 1. The van der Waals surface area contributed by atoms with Gasteiger partial charge >= 0.3 is 0 Å². The predicted octanol–water partition coefficient (Wildman–Crippen LogP) is 3.77. The molecule has 1 aliphatic rings. The van der Waals surface area contributed by atoms with Crippen molar-refractivity contribution in [3.8, 4) is 0 Å². The van der Waals surface area contributed by atoms with Crippen molar-refractivity contribution in [1.29, 1.82) is 0 Å². The molecule has 1 fully saturated rings. The van der Waals surface area contributed by atoms with Crippen LogP contribution in [0.5, 0.6) is 0 Å². The number of nitrogens with two attached hydrogens (primary N) is 1. The largest absolute Gasteiger partial charge is 0.464 e. The van der Waals surface area contributed by atoms with E-state index in [9.17, 15) is 0 Å². The van der Waals surface area contributed by atoms with E-state index < -0.39 is 0 Å². The molecular formula is C17H30N2O. The molecule has 0 aliphatic heterocycles. The average Bonchev–Trinajstić information content (AvgIpc) is 2.99. The Bertz CT molecular complexity index is 415. The first kappa shape index (κ1) is 15.6. The van der Waals surface area contributed by atoms with Crippen molar-refractivity contribution in [2.75, 3.05) is 19.6 Å². The molecule has 4 atom stereocenters. The van der Waals surface area contributed by atoms with Crippen LogP contribution >= 0.6 is 0 Å². The van der Waals surface area contributed by atoms with Gasteiger partial charge in [-0.2, -0.15) is 0 Å². The Hall–Kier alpha value is -0.800. The lowest BCUT2D eigenvalue weighted by Gasteiger charge is -2.30. The zero-order valence-electron chi connectivity index (χ0n) is 13.4. The molecule has 2 rings (SSSR count). The summed E-state index contributed by atoms with van der Waals surface area (Å²) in [6, 6.07) is 4.51. The average molecular weight is 278 g/mol. The molecule has 4 unspecified atom stereocenters.